The molecule has 0 aliphatic carbocycles. The van der Waals surface area contributed by atoms with Gasteiger partial charge in [0.2, 0.25) is 0 Å². The maximum atomic E-state index is 10.5. The number of thioether (sulfide) groups is 1. The van der Waals surface area contributed by atoms with E-state index in [4.69, 9.17) is 29.5 Å². The van der Waals surface area contributed by atoms with Crippen LogP contribution in [0.3, 0.4) is 0 Å². The lowest BCUT2D eigenvalue weighted by Gasteiger charge is -2.15. The van der Waals surface area contributed by atoms with Crippen molar-refractivity contribution < 1.29 is 9.90 Å². The first-order chi connectivity index (χ1) is 9.47. The maximum Gasteiger partial charge on any atom is 0.303 e. The van der Waals surface area contributed by atoms with Gasteiger partial charge < -0.3 is 10.0 Å². The van der Waals surface area contributed by atoms with Crippen molar-refractivity contribution in [1.82, 2.24) is 4.90 Å². The van der Waals surface area contributed by atoms with Gasteiger partial charge in [-0.2, -0.15) is 0 Å². The first-order valence-electron chi connectivity index (χ1n) is 6.01. The number of rotatable bonds is 5. The molecule has 2 heterocycles. The Balaban J connectivity index is 2.04. The standard InChI is InChI=1S/C13H13NO2S4/c1-8-4-5-9(19-8)7-10-12(17)14(13(18)20-10)6-2-3-11(15)16/h4-5,7H,2-3,6H2,1H3,(H,15,16)/b10-7+. The van der Waals surface area contributed by atoms with E-state index in [1.165, 1.54) is 16.6 Å². The molecule has 1 aromatic heterocycles. The van der Waals surface area contributed by atoms with Crippen LogP contribution < -0.4 is 0 Å². The molecule has 3 nitrogen and oxygen atoms in total. The van der Waals surface area contributed by atoms with Crippen molar-refractivity contribution in [2.45, 2.75) is 19.8 Å². The van der Waals surface area contributed by atoms with Crippen LogP contribution >= 0.6 is 47.5 Å². The Hall–Kier alpha value is -0.760. The largest absolute Gasteiger partial charge is 0.481 e. The van der Waals surface area contributed by atoms with Gasteiger partial charge in [-0.1, -0.05) is 36.2 Å². The van der Waals surface area contributed by atoms with Gasteiger partial charge in [-0.15, -0.1) is 11.3 Å². The number of hydrogen-bond acceptors (Lipinski definition) is 5. The van der Waals surface area contributed by atoms with E-state index in [1.807, 2.05) is 11.0 Å². The second kappa shape index (κ2) is 6.80. The zero-order chi connectivity index (χ0) is 14.7. The smallest absolute Gasteiger partial charge is 0.303 e. The van der Waals surface area contributed by atoms with E-state index >= 15 is 0 Å². The number of carboxylic acids is 1. The van der Waals surface area contributed by atoms with E-state index in [1.54, 1.807) is 11.3 Å². The first kappa shape index (κ1) is 15.6. The van der Waals surface area contributed by atoms with E-state index < -0.39 is 5.97 Å². The lowest BCUT2D eigenvalue weighted by atomic mass is 10.3. The molecule has 1 fully saturated rings. The minimum Gasteiger partial charge on any atom is -0.481 e. The van der Waals surface area contributed by atoms with Crippen LogP contribution in [0.5, 0.6) is 0 Å². The van der Waals surface area contributed by atoms with Gasteiger partial charge in [0, 0.05) is 22.7 Å². The number of aryl methyl sites for hydroxylation is 1. The summed E-state index contributed by atoms with van der Waals surface area (Å²) in [6.07, 6.45) is 2.73. The highest BCUT2D eigenvalue weighted by Gasteiger charge is 2.28. The second-order valence-corrected chi connectivity index (χ2v) is 7.66. The minimum absolute atomic E-state index is 0.134. The van der Waals surface area contributed by atoms with Crippen molar-refractivity contribution in [2.75, 3.05) is 6.54 Å². The van der Waals surface area contributed by atoms with Gasteiger partial charge in [0.05, 0.1) is 4.91 Å². The molecule has 0 radical (unpaired) electrons. The van der Waals surface area contributed by atoms with Crippen LogP contribution in [-0.2, 0) is 4.79 Å². The normalized spacial score (nSPS) is 17.2. The summed E-state index contributed by atoms with van der Waals surface area (Å²) in [5.41, 5.74) is 0. The molecular formula is C13H13NO2S4. The Morgan fingerprint density at radius 3 is 2.80 bits per heavy atom. The molecule has 1 saturated heterocycles. The number of hydrogen-bond donors (Lipinski definition) is 1. The molecule has 1 aliphatic rings. The van der Waals surface area contributed by atoms with Crippen LogP contribution in [0.15, 0.2) is 17.0 Å². The number of aliphatic carboxylic acids is 1. The van der Waals surface area contributed by atoms with E-state index in [2.05, 4.69) is 19.1 Å². The lowest BCUT2D eigenvalue weighted by Crippen LogP contribution is -2.28. The highest BCUT2D eigenvalue weighted by Crippen LogP contribution is 2.34. The van der Waals surface area contributed by atoms with Gasteiger partial charge in [0.15, 0.2) is 0 Å². The van der Waals surface area contributed by atoms with Crippen LogP contribution in [0.1, 0.15) is 22.6 Å². The molecule has 0 amide bonds. The topological polar surface area (TPSA) is 40.5 Å². The number of carboxylic acid groups (broad SMARTS) is 1. The molecule has 2 rings (SSSR count). The average Bonchev–Trinajstić information content (AvgIpc) is 2.88. The fourth-order valence-electron chi connectivity index (χ4n) is 1.74. The SMILES string of the molecule is Cc1ccc(/C=C2/SC(=S)N(CCCC(=O)O)C2=S)s1. The Labute approximate surface area is 136 Å². The Morgan fingerprint density at radius 1 is 1.45 bits per heavy atom. The molecule has 0 spiro atoms. The maximum absolute atomic E-state index is 10.5. The fraction of sp³-hybridized carbons (Fsp3) is 0.308. The second-order valence-electron chi connectivity index (χ2n) is 4.28. The van der Waals surface area contributed by atoms with Crippen molar-refractivity contribution in [3.8, 4) is 0 Å². The van der Waals surface area contributed by atoms with Crippen LogP contribution in [0.4, 0.5) is 0 Å². The highest BCUT2D eigenvalue weighted by atomic mass is 32.2. The third-order valence-corrected chi connectivity index (χ3v) is 5.59. The predicted molar refractivity (Wildman–Crippen MR) is 93.4 cm³/mol. The van der Waals surface area contributed by atoms with Crippen molar-refractivity contribution in [2.24, 2.45) is 0 Å². The highest BCUT2D eigenvalue weighted by molar-refractivity contribution is 8.27. The summed E-state index contributed by atoms with van der Waals surface area (Å²) in [5.74, 6) is -0.793. The van der Waals surface area contributed by atoms with Crippen molar-refractivity contribution >= 4 is 68.9 Å². The zero-order valence-corrected chi connectivity index (χ0v) is 14.1. The van der Waals surface area contributed by atoms with E-state index in [9.17, 15) is 4.79 Å². The number of thiophene rings is 1. The Morgan fingerprint density at radius 2 is 2.20 bits per heavy atom. The van der Waals surface area contributed by atoms with Crippen LogP contribution in [0, 0.1) is 6.92 Å². The van der Waals surface area contributed by atoms with Crippen molar-refractivity contribution in [1.29, 1.82) is 0 Å². The molecule has 1 N–H and O–H groups in total. The summed E-state index contributed by atoms with van der Waals surface area (Å²) in [6, 6.07) is 4.13. The molecule has 0 atom stereocenters. The van der Waals surface area contributed by atoms with E-state index in [0.717, 1.165) is 9.78 Å². The number of nitrogens with zero attached hydrogens (tertiary/aromatic N) is 1. The Bertz CT molecular complexity index is 591. The molecule has 1 aliphatic heterocycles. The van der Waals surface area contributed by atoms with Gasteiger partial charge in [-0.25, -0.2) is 0 Å². The summed E-state index contributed by atoms with van der Waals surface area (Å²) in [6.45, 7) is 2.63. The number of thiocarbonyl (C=S) groups is 2. The third-order valence-electron chi connectivity index (χ3n) is 2.68. The van der Waals surface area contributed by atoms with Crippen LogP contribution in [0.2, 0.25) is 0 Å². The van der Waals surface area contributed by atoms with Gasteiger partial charge in [0.1, 0.15) is 9.31 Å². The van der Waals surface area contributed by atoms with Gasteiger partial charge in [-0.05, 0) is 31.6 Å². The quantitative estimate of drug-likeness (QED) is 0.645. The summed E-state index contributed by atoms with van der Waals surface area (Å²) in [7, 11) is 0. The fourth-order valence-corrected chi connectivity index (χ4v) is 4.43. The van der Waals surface area contributed by atoms with E-state index in [-0.39, 0.29) is 6.42 Å². The zero-order valence-electron chi connectivity index (χ0n) is 10.8. The van der Waals surface area contributed by atoms with E-state index in [0.29, 0.717) is 22.3 Å². The molecule has 0 saturated carbocycles. The van der Waals surface area contributed by atoms with Crippen molar-refractivity contribution in [3.63, 3.8) is 0 Å². The molecule has 20 heavy (non-hydrogen) atoms. The molecule has 0 unspecified atom stereocenters. The van der Waals surface area contributed by atoms with Crippen LogP contribution in [-0.4, -0.2) is 31.8 Å². The molecule has 106 valence electrons. The van der Waals surface area contributed by atoms with Gasteiger partial charge in [0.25, 0.3) is 0 Å². The van der Waals surface area contributed by atoms with Crippen LogP contribution in [0.25, 0.3) is 6.08 Å². The third kappa shape index (κ3) is 3.88. The molecule has 0 bridgehead atoms. The Kier molecular flexibility index (Phi) is 5.31. The predicted octanol–water partition coefficient (Wildman–Crippen LogP) is 3.92. The molecule has 0 aromatic carbocycles. The minimum atomic E-state index is -0.793. The molecule has 7 heteroatoms. The average molecular weight is 344 g/mol. The summed E-state index contributed by atoms with van der Waals surface area (Å²) < 4.78 is 0.708. The van der Waals surface area contributed by atoms with Crippen molar-refractivity contribution in [3.05, 3.63) is 26.8 Å². The summed E-state index contributed by atoms with van der Waals surface area (Å²) in [4.78, 5) is 16.5. The molecular weight excluding hydrogens is 330 g/mol. The summed E-state index contributed by atoms with van der Waals surface area (Å²) >= 11 is 13.9. The van der Waals surface area contributed by atoms with Gasteiger partial charge in [-0.3, -0.25) is 4.79 Å². The molecule has 1 aromatic rings. The van der Waals surface area contributed by atoms with Gasteiger partial charge >= 0.3 is 5.97 Å². The number of carbonyl (C=O) groups is 1. The first-order valence-corrected chi connectivity index (χ1v) is 8.46. The lowest BCUT2D eigenvalue weighted by molar-refractivity contribution is -0.137. The summed E-state index contributed by atoms with van der Waals surface area (Å²) in [5, 5.41) is 8.67. The monoisotopic (exact) mass is 343 g/mol.